The molecule has 1 aromatic rings. The summed E-state index contributed by atoms with van der Waals surface area (Å²) in [6, 6.07) is 2.14. The van der Waals surface area contributed by atoms with E-state index in [1.807, 2.05) is 38.6 Å². The van der Waals surface area contributed by atoms with Crippen molar-refractivity contribution in [2.24, 2.45) is 11.1 Å². The molecular weight excluding hydrogens is 304 g/mol. The molecule has 1 aliphatic heterocycles. The monoisotopic (exact) mass is 326 g/mol. The van der Waals surface area contributed by atoms with Crippen molar-refractivity contribution in [2.75, 3.05) is 0 Å². The standard InChI is InChI=1S/C18H22N4O2/c1-5-22-9-12(10(2)21-22)15-11(8-19)17(20)24-14-7-18(3,4)6-13(23)16(14)15/h9,15H,5-7,20H2,1-4H3/t15-/m0/s1. The van der Waals surface area contributed by atoms with Gasteiger partial charge in [-0.2, -0.15) is 10.4 Å². The van der Waals surface area contributed by atoms with Crippen LogP contribution in [-0.2, 0) is 16.1 Å². The van der Waals surface area contributed by atoms with Gasteiger partial charge in [0.2, 0.25) is 5.88 Å². The highest BCUT2D eigenvalue weighted by Gasteiger charge is 2.43. The van der Waals surface area contributed by atoms with Crippen LogP contribution in [0.1, 0.15) is 50.8 Å². The van der Waals surface area contributed by atoms with Gasteiger partial charge in [0.05, 0.1) is 11.6 Å². The van der Waals surface area contributed by atoms with Gasteiger partial charge in [-0.3, -0.25) is 9.48 Å². The Morgan fingerprint density at radius 3 is 2.79 bits per heavy atom. The Balaban J connectivity index is 2.20. The molecule has 0 fully saturated rings. The zero-order valence-electron chi connectivity index (χ0n) is 14.5. The molecule has 1 atom stereocenters. The molecule has 126 valence electrons. The van der Waals surface area contributed by atoms with E-state index in [0.717, 1.165) is 17.8 Å². The van der Waals surface area contributed by atoms with E-state index in [-0.39, 0.29) is 17.1 Å². The van der Waals surface area contributed by atoms with Crippen molar-refractivity contribution in [3.05, 3.63) is 40.2 Å². The number of aromatic nitrogens is 2. The molecule has 0 aromatic carbocycles. The highest BCUT2D eigenvalue weighted by atomic mass is 16.5. The summed E-state index contributed by atoms with van der Waals surface area (Å²) in [7, 11) is 0. The number of aryl methyl sites for hydroxylation is 2. The molecule has 1 aliphatic carbocycles. The molecule has 0 spiro atoms. The van der Waals surface area contributed by atoms with E-state index in [2.05, 4.69) is 11.2 Å². The van der Waals surface area contributed by atoms with Gasteiger partial charge in [0.25, 0.3) is 0 Å². The Morgan fingerprint density at radius 2 is 2.21 bits per heavy atom. The molecule has 0 radical (unpaired) electrons. The molecule has 2 heterocycles. The van der Waals surface area contributed by atoms with Crippen LogP contribution in [0, 0.1) is 23.7 Å². The highest BCUT2D eigenvalue weighted by Crippen LogP contribution is 2.48. The van der Waals surface area contributed by atoms with Crippen molar-refractivity contribution in [2.45, 2.75) is 53.0 Å². The average molecular weight is 326 g/mol. The molecule has 0 unspecified atom stereocenters. The molecule has 2 N–H and O–H groups in total. The van der Waals surface area contributed by atoms with Gasteiger partial charge in [0.1, 0.15) is 17.4 Å². The van der Waals surface area contributed by atoms with Crippen LogP contribution in [-0.4, -0.2) is 15.6 Å². The summed E-state index contributed by atoms with van der Waals surface area (Å²) in [6.07, 6.45) is 2.96. The van der Waals surface area contributed by atoms with Gasteiger partial charge in [-0.25, -0.2) is 0 Å². The molecule has 0 bridgehead atoms. The van der Waals surface area contributed by atoms with Crippen LogP contribution in [0.2, 0.25) is 0 Å². The number of nitriles is 1. The number of nitrogens with zero attached hydrogens (tertiary/aromatic N) is 3. The zero-order valence-corrected chi connectivity index (χ0v) is 14.5. The number of Topliss-reactive ketones (excluding diaryl/α,β-unsaturated/α-hetero) is 1. The van der Waals surface area contributed by atoms with E-state index >= 15 is 0 Å². The van der Waals surface area contributed by atoms with Crippen molar-refractivity contribution in [3.63, 3.8) is 0 Å². The Hall–Kier alpha value is -2.55. The van der Waals surface area contributed by atoms with Crippen molar-refractivity contribution in [1.29, 1.82) is 5.26 Å². The minimum Gasteiger partial charge on any atom is -0.444 e. The summed E-state index contributed by atoms with van der Waals surface area (Å²) in [5.41, 5.74) is 8.34. The predicted molar refractivity (Wildman–Crippen MR) is 88.3 cm³/mol. The van der Waals surface area contributed by atoms with E-state index in [1.54, 1.807) is 0 Å². The van der Waals surface area contributed by atoms with Gasteiger partial charge in [0, 0.05) is 36.7 Å². The second kappa shape index (κ2) is 5.52. The number of rotatable bonds is 2. The maximum absolute atomic E-state index is 12.8. The highest BCUT2D eigenvalue weighted by molar-refractivity contribution is 6.00. The molecule has 3 rings (SSSR count). The molecule has 1 aromatic heterocycles. The number of carbonyl (C=O) groups is 1. The molecule has 0 saturated heterocycles. The fraction of sp³-hybridized carbons (Fsp3) is 0.500. The molecule has 0 saturated carbocycles. The average Bonchev–Trinajstić information content (AvgIpc) is 2.85. The predicted octanol–water partition coefficient (Wildman–Crippen LogP) is 2.66. The fourth-order valence-corrected chi connectivity index (χ4v) is 3.57. The van der Waals surface area contributed by atoms with Crippen LogP contribution in [0.3, 0.4) is 0 Å². The summed E-state index contributed by atoms with van der Waals surface area (Å²) in [5, 5.41) is 14.1. The second-order valence-corrected chi connectivity index (χ2v) is 7.23. The van der Waals surface area contributed by atoms with Crippen molar-refractivity contribution < 1.29 is 9.53 Å². The SMILES string of the molecule is CCn1cc([C@@H]2C(C#N)=C(N)OC3=C2C(=O)CC(C)(C)C3)c(C)n1. The van der Waals surface area contributed by atoms with Crippen LogP contribution in [0.15, 0.2) is 29.0 Å². The first-order chi connectivity index (χ1) is 11.3. The van der Waals surface area contributed by atoms with Gasteiger partial charge in [-0.15, -0.1) is 0 Å². The quantitative estimate of drug-likeness (QED) is 0.901. The molecule has 24 heavy (non-hydrogen) atoms. The molecule has 6 heteroatoms. The second-order valence-electron chi connectivity index (χ2n) is 7.23. The van der Waals surface area contributed by atoms with E-state index < -0.39 is 5.92 Å². The molecule has 2 aliphatic rings. The molecule has 6 nitrogen and oxygen atoms in total. The lowest BCUT2D eigenvalue weighted by atomic mass is 9.70. The van der Waals surface area contributed by atoms with Gasteiger partial charge in [-0.1, -0.05) is 13.8 Å². The Bertz CT molecular complexity index is 821. The van der Waals surface area contributed by atoms with Crippen LogP contribution < -0.4 is 5.73 Å². The minimum absolute atomic E-state index is 0.0233. The Morgan fingerprint density at radius 1 is 1.50 bits per heavy atom. The lowest BCUT2D eigenvalue weighted by molar-refractivity contribution is -0.119. The van der Waals surface area contributed by atoms with Crippen LogP contribution in [0.25, 0.3) is 0 Å². The maximum atomic E-state index is 12.8. The summed E-state index contributed by atoms with van der Waals surface area (Å²) in [5.74, 6) is 0.231. The lowest BCUT2D eigenvalue weighted by Crippen LogP contribution is -2.33. The third-order valence-electron chi connectivity index (χ3n) is 4.69. The normalized spacial score (nSPS) is 23.0. The van der Waals surface area contributed by atoms with Crippen molar-refractivity contribution in [3.8, 4) is 6.07 Å². The van der Waals surface area contributed by atoms with Gasteiger partial charge in [0.15, 0.2) is 5.78 Å². The zero-order chi connectivity index (χ0) is 17.6. The number of carbonyl (C=O) groups excluding carboxylic acids is 1. The van der Waals surface area contributed by atoms with E-state index in [0.29, 0.717) is 29.7 Å². The third-order valence-corrected chi connectivity index (χ3v) is 4.69. The maximum Gasteiger partial charge on any atom is 0.205 e. The Labute approximate surface area is 141 Å². The first-order valence-corrected chi connectivity index (χ1v) is 8.15. The number of allylic oxidation sites excluding steroid dienone is 3. The van der Waals surface area contributed by atoms with Gasteiger partial charge < -0.3 is 10.5 Å². The minimum atomic E-state index is -0.484. The van der Waals surface area contributed by atoms with Gasteiger partial charge in [-0.05, 0) is 19.3 Å². The largest absolute Gasteiger partial charge is 0.444 e. The fourth-order valence-electron chi connectivity index (χ4n) is 3.57. The van der Waals surface area contributed by atoms with Crippen LogP contribution in [0.4, 0.5) is 0 Å². The summed E-state index contributed by atoms with van der Waals surface area (Å²) in [6.45, 7) is 8.67. The lowest BCUT2D eigenvalue weighted by Gasteiger charge is -2.37. The first-order valence-electron chi connectivity index (χ1n) is 8.15. The van der Waals surface area contributed by atoms with Crippen LogP contribution in [0.5, 0.6) is 0 Å². The summed E-state index contributed by atoms with van der Waals surface area (Å²) < 4.78 is 7.50. The molecular formula is C18H22N4O2. The number of nitrogens with two attached hydrogens (primary N) is 1. The topological polar surface area (TPSA) is 93.9 Å². The van der Waals surface area contributed by atoms with Crippen molar-refractivity contribution >= 4 is 5.78 Å². The number of hydrogen-bond donors (Lipinski definition) is 1. The smallest absolute Gasteiger partial charge is 0.205 e. The van der Waals surface area contributed by atoms with E-state index in [9.17, 15) is 10.1 Å². The van der Waals surface area contributed by atoms with Gasteiger partial charge >= 0.3 is 0 Å². The number of hydrogen-bond acceptors (Lipinski definition) is 5. The summed E-state index contributed by atoms with van der Waals surface area (Å²) in [4.78, 5) is 12.8. The Kier molecular flexibility index (Phi) is 3.75. The third kappa shape index (κ3) is 2.50. The number of ether oxygens (including phenoxy) is 1. The van der Waals surface area contributed by atoms with E-state index in [4.69, 9.17) is 10.5 Å². The van der Waals surface area contributed by atoms with Crippen molar-refractivity contribution in [1.82, 2.24) is 9.78 Å². The first kappa shape index (κ1) is 16.3. The number of ketones is 1. The summed E-state index contributed by atoms with van der Waals surface area (Å²) >= 11 is 0. The van der Waals surface area contributed by atoms with E-state index in [1.165, 1.54) is 0 Å². The van der Waals surface area contributed by atoms with Crippen LogP contribution >= 0.6 is 0 Å². The molecule has 0 amide bonds.